The topological polar surface area (TPSA) is 12.0 Å². The fraction of sp³-hybridized carbons (Fsp3) is 0.684. The zero-order valence-electron chi connectivity index (χ0n) is 13.5. The van der Waals surface area contributed by atoms with E-state index in [0.717, 1.165) is 17.1 Å². The van der Waals surface area contributed by atoms with Crippen LogP contribution in [0.15, 0.2) is 29.2 Å². The molecular weight excluding hydrogens is 274 g/mol. The molecule has 3 rings (SSSR count). The first-order chi connectivity index (χ1) is 10.2. The highest BCUT2D eigenvalue weighted by Crippen LogP contribution is 2.35. The first-order valence-electron chi connectivity index (χ1n) is 8.74. The van der Waals surface area contributed by atoms with Crippen LogP contribution in [0.1, 0.15) is 58.8 Å². The van der Waals surface area contributed by atoms with Gasteiger partial charge in [-0.1, -0.05) is 26.7 Å². The summed E-state index contributed by atoms with van der Waals surface area (Å²) in [6.07, 6.45) is 9.68. The SMILES string of the molecule is CC1CCC(Nc2ccc(SC3CCCC3)cc2)CC1C. The molecule has 0 heterocycles. The fourth-order valence-corrected chi connectivity index (χ4v) is 4.99. The molecule has 0 bridgehead atoms. The molecule has 2 saturated carbocycles. The predicted molar refractivity (Wildman–Crippen MR) is 94.1 cm³/mol. The Bertz CT molecular complexity index is 435. The summed E-state index contributed by atoms with van der Waals surface area (Å²) >= 11 is 2.08. The highest BCUT2D eigenvalue weighted by atomic mass is 32.2. The first kappa shape index (κ1) is 15.3. The molecule has 3 unspecified atom stereocenters. The van der Waals surface area contributed by atoms with Crippen LogP contribution in [0.3, 0.4) is 0 Å². The van der Waals surface area contributed by atoms with Gasteiger partial charge >= 0.3 is 0 Å². The molecule has 116 valence electrons. The molecule has 2 heteroatoms. The van der Waals surface area contributed by atoms with Crippen LogP contribution < -0.4 is 5.32 Å². The van der Waals surface area contributed by atoms with Gasteiger partial charge in [-0.25, -0.2) is 0 Å². The van der Waals surface area contributed by atoms with Gasteiger partial charge in [0.25, 0.3) is 0 Å². The Balaban J connectivity index is 1.52. The molecule has 2 aliphatic carbocycles. The van der Waals surface area contributed by atoms with Crippen molar-refractivity contribution in [3.63, 3.8) is 0 Å². The lowest BCUT2D eigenvalue weighted by Crippen LogP contribution is -2.30. The second kappa shape index (κ2) is 7.09. The quantitative estimate of drug-likeness (QED) is 0.736. The minimum absolute atomic E-state index is 0.671. The predicted octanol–water partition coefficient (Wildman–Crippen LogP) is 5.96. The van der Waals surface area contributed by atoms with Gasteiger partial charge < -0.3 is 5.32 Å². The van der Waals surface area contributed by atoms with Crippen LogP contribution >= 0.6 is 11.8 Å². The van der Waals surface area contributed by atoms with Gasteiger partial charge in [-0.05, 0) is 68.2 Å². The van der Waals surface area contributed by atoms with E-state index < -0.39 is 0 Å². The Labute approximate surface area is 134 Å². The minimum atomic E-state index is 0.671. The molecule has 1 N–H and O–H groups in total. The van der Waals surface area contributed by atoms with E-state index in [2.05, 4.69) is 55.2 Å². The summed E-state index contributed by atoms with van der Waals surface area (Å²) in [6.45, 7) is 4.80. The minimum Gasteiger partial charge on any atom is -0.382 e. The number of benzene rings is 1. The van der Waals surface area contributed by atoms with Crippen LogP contribution in [-0.4, -0.2) is 11.3 Å². The van der Waals surface area contributed by atoms with Gasteiger partial charge in [-0.2, -0.15) is 0 Å². The van der Waals surface area contributed by atoms with Crippen LogP contribution in [0.4, 0.5) is 5.69 Å². The van der Waals surface area contributed by atoms with Gasteiger partial charge in [-0.3, -0.25) is 0 Å². The van der Waals surface area contributed by atoms with E-state index in [-0.39, 0.29) is 0 Å². The van der Waals surface area contributed by atoms with Crippen molar-refractivity contribution in [2.75, 3.05) is 5.32 Å². The van der Waals surface area contributed by atoms with Gasteiger partial charge in [0.15, 0.2) is 0 Å². The highest BCUT2D eigenvalue weighted by Gasteiger charge is 2.24. The number of nitrogens with one attached hydrogen (secondary N) is 1. The molecule has 1 aromatic rings. The molecule has 0 saturated heterocycles. The molecule has 0 amide bonds. The first-order valence-corrected chi connectivity index (χ1v) is 9.62. The van der Waals surface area contributed by atoms with Crippen molar-refractivity contribution in [2.45, 2.75) is 75.0 Å². The largest absolute Gasteiger partial charge is 0.382 e. The molecule has 2 fully saturated rings. The average molecular weight is 304 g/mol. The van der Waals surface area contributed by atoms with Crippen molar-refractivity contribution in [1.82, 2.24) is 0 Å². The van der Waals surface area contributed by atoms with E-state index >= 15 is 0 Å². The lowest BCUT2D eigenvalue weighted by molar-refractivity contribution is 0.261. The molecular formula is C19H29NS. The average Bonchev–Trinajstić information content (AvgIpc) is 2.98. The number of hydrogen-bond donors (Lipinski definition) is 1. The van der Waals surface area contributed by atoms with Gasteiger partial charge in [0, 0.05) is 21.9 Å². The third-order valence-electron chi connectivity index (χ3n) is 5.43. The molecule has 0 spiro atoms. The smallest absolute Gasteiger partial charge is 0.0343 e. The summed E-state index contributed by atoms with van der Waals surface area (Å²) in [6, 6.07) is 9.84. The molecule has 21 heavy (non-hydrogen) atoms. The Morgan fingerprint density at radius 1 is 0.905 bits per heavy atom. The van der Waals surface area contributed by atoms with Crippen LogP contribution in [0.5, 0.6) is 0 Å². The fourth-order valence-electron chi connectivity index (χ4n) is 3.74. The lowest BCUT2D eigenvalue weighted by atomic mass is 9.79. The monoisotopic (exact) mass is 303 g/mol. The maximum atomic E-state index is 3.74. The van der Waals surface area contributed by atoms with Gasteiger partial charge in [-0.15, -0.1) is 11.8 Å². The molecule has 1 aromatic carbocycles. The molecule has 0 radical (unpaired) electrons. The second-order valence-electron chi connectivity index (χ2n) is 7.16. The number of thioether (sulfide) groups is 1. The Morgan fingerprint density at radius 3 is 2.29 bits per heavy atom. The summed E-state index contributed by atoms with van der Waals surface area (Å²) in [5.74, 6) is 1.75. The zero-order valence-corrected chi connectivity index (χ0v) is 14.3. The summed E-state index contributed by atoms with van der Waals surface area (Å²) in [7, 11) is 0. The van der Waals surface area contributed by atoms with Gasteiger partial charge in [0.05, 0.1) is 0 Å². The maximum absolute atomic E-state index is 3.74. The number of anilines is 1. The van der Waals surface area contributed by atoms with E-state index in [1.54, 1.807) is 0 Å². The zero-order chi connectivity index (χ0) is 14.7. The molecule has 2 aliphatic rings. The third kappa shape index (κ3) is 4.18. The van der Waals surface area contributed by atoms with Crippen LogP contribution in [0.2, 0.25) is 0 Å². The van der Waals surface area contributed by atoms with Crippen molar-refractivity contribution in [3.8, 4) is 0 Å². The van der Waals surface area contributed by atoms with Crippen molar-refractivity contribution in [3.05, 3.63) is 24.3 Å². The summed E-state index contributed by atoms with van der Waals surface area (Å²) in [5.41, 5.74) is 1.30. The standard InChI is InChI=1S/C19H29NS/c1-14-7-8-17(13-15(14)2)20-16-9-11-19(12-10-16)21-18-5-3-4-6-18/h9-12,14-15,17-18,20H,3-8,13H2,1-2H3. The van der Waals surface area contributed by atoms with Crippen molar-refractivity contribution < 1.29 is 0 Å². The Kier molecular flexibility index (Phi) is 5.15. The molecule has 0 aliphatic heterocycles. The second-order valence-corrected chi connectivity index (χ2v) is 8.53. The molecule has 1 nitrogen and oxygen atoms in total. The van der Waals surface area contributed by atoms with E-state index in [1.165, 1.54) is 55.5 Å². The maximum Gasteiger partial charge on any atom is 0.0343 e. The highest BCUT2D eigenvalue weighted by molar-refractivity contribution is 8.00. The van der Waals surface area contributed by atoms with E-state index in [4.69, 9.17) is 0 Å². The van der Waals surface area contributed by atoms with Crippen molar-refractivity contribution >= 4 is 17.4 Å². The van der Waals surface area contributed by atoms with Crippen molar-refractivity contribution in [2.24, 2.45) is 11.8 Å². The van der Waals surface area contributed by atoms with Crippen molar-refractivity contribution in [1.29, 1.82) is 0 Å². The van der Waals surface area contributed by atoms with E-state index in [9.17, 15) is 0 Å². The normalized spacial score (nSPS) is 30.5. The van der Waals surface area contributed by atoms with Crippen LogP contribution in [0, 0.1) is 11.8 Å². The summed E-state index contributed by atoms with van der Waals surface area (Å²) in [5, 5.41) is 4.61. The third-order valence-corrected chi connectivity index (χ3v) is 6.78. The van der Waals surface area contributed by atoms with E-state index in [0.29, 0.717) is 6.04 Å². The van der Waals surface area contributed by atoms with Crippen LogP contribution in [0.25, 0.3) is 0 Å². The van der Waals surface area contributed by atoms with Crippen LogP contribution in [-0.2, 0) is 0 Å². The molecule has 0 aromatic heterocycles. The number of hydrogen-bond acceptors (Lipinski definition) is 2. The van der Waals surface area contributed by atoms with Gasteiger partial charge in [0.1, 0.15) is 0 Å². The lowest BCUT2D eigenvalue weighted by Gasteiger charge is -2.33. The summed E-state index contributed by atoms with van der Waals surface area (Å²) in [4.78, 5) is 1.44. The van der Waals surface area contributed by atoms with Gasteiger partial charge in [0.2, 0.25) is 0 Å². The summed E-state index contributed by atoms with van der Waals surface area (Å²) < 4.78 is 0. The number of rotatable bonds is 4. The van der Waals surface area contributed by atoms with E-state index in [1.807, 2.05) is 0 Å². The molecule has 3 atom stereocenters. The Morgan fingerprint density at radius 2 is 1.62 bits per heavy atom. The Hall–Kier alpha value is -0.630.